The first-order valence-corrected chi connectivity index (χ1v) is 5.59. The summed E-state index contributed by atoms with van der Waals surface area (Å²) in [5.41, 5.74) is 0.889. The van der Waals surface area contributed by atoms with E-state index in [1.807, 2.05) is 0 Å². The van der Waals surface area contributed by atoms with E-state index in [2.05, 4.69) is 14.7 Å². The Morgan fingerprint density at radius 3 is 2.53 bits per heavy atom. The van der Waals surface area contributed by atoms with Crippen LogP contribution in [0.1, 0.15) is 0 Å². The lowest BCUT2D eigenvalue weighted by Crippen LogP contribution is -2.03. The smallest absolute Gasteiger partial charge is 0.387 e. The van der Waals surface area contributed by atoms with Crippen molar-refractivity contribution in [1.82, 2.24) is 9.97 Å². The SMILES string of the molecule is COc1ccc(-c2nccnc2Cl)cc1OC(F)F. The van der Waals surface area contributed by atoms with Crippen molar-refractivity contribution in [2.45, 2.75) is 6.61 Å². The highest BCUT2D eigenvalue weighted by atomic mass is 35.5. The third kappa shape index (κ3) is 3.08. The second-order valence-electron chi connectivity index (χ2n) is 3.44. The Morgan fingerprint density at radius 2 is 1.89 bits per heavy atom. The van der Waals surface area contributed by atoms with Gasteiger partial charge in [0, 0.05) is 18.0 Å². The first-order chi connectivity index (χ1) is 9.11. The van der Waals surface area contributed by atoms with Crippen LogP contribution < -0.4 is 9.47 Å². The molecule has 1 aromatic carbocycles. The van der Waals surface area contributed by atoms with Crippen molar-refractivity contribution in [2.24, 2.45) is 0 Å². The van der Waals surface area contributed by atoms with Crippen LogP contribution in [0, 0.1) is 0 Å². The number of rotatable bonds is 4. The molecule has 0 saturated heterocycles. The average Bonchev–Trinajstić information content (AvgIpc) is 2.38. The zero-order valence-corrected chi connectivity index (χ0v) is 10.6. The molecule has 2 aromatic rings. The average molecular weight is 287 g/mol. The Hall–Kier alpha value is -1.95. The van der Waals surface area contributed by atoms with E-state index in [4.69, 9.17) is 16.3 Å². The third-order valence-corrected chi connectivity index (χ3v) is 2.58. The van der Waals surface area contributed by atoms with Gasteiger partial charge in [-0.1, -0.05) is 11.6 Å². The van der Waals surface area contributed by atoms with Gasteiger partial charge in [-0.05, 0) is 18.2 Å². The van der Waals surface area contributed by atoms with E-state index in [0.717, 1.165) is 0 Å². The summed E-state index contributed by atoms with van der Waals surface area (Å²) in [5.74, 6) is 0.112. The highest BCUT2D eigenvalue weighted by Crippen LogP contribution is 2.34. The number of halogens is 3. The van der Waals surface area contributed by atoms with Gasteiger partial charge in [-0.25, -0.2) is 4.98 Å². The summed E-state index contributed by atoms with van der Waals surface area (Å²) in [6.07, 6.45) is 2.89. The summed E-state index contributed by atoms with van der Waals surface area (Å²) >= 11 is 5.90. The fourth-order valence-corrected chi connectivity index (χ4v) is 1.74. The minimum atomic E-state index is -2.94. The van der Waals surface area contributed by atoms with Crippen LogP contribution in [0.4, 0.5) is 8.78 Å². The number of hydrogen-bond donors (Lipinski definition) is 0. The van der Waals surface area contributed by atoms with Crippen molar-refractivity contribution in [3.8, 4) is 22.8 Å². The van der Waals surface area contributed by atoms with Crippen LogP contribution in [0.15, 0.2) is 30.6 Å². The minimum absolute atomic E-state index is 0.0864. The van der Waals surface area contributed by atoms with Crippen molar-refractivity contribution in [2.75, 3.05) is 7.11 Å². The van der Waals surface area contributed by atoms with Gasteiger partial charge >= 0.3 is 6.61 Å². The minimum Gasteiger partial charge on any atom is -0.493 e. The van der Waals surface area contributed by atoms with Crippen LogP contribution in [0.5, 0.6) is 11.5 Å². The van der Waals surface area contributed by atoms with E-state index in [1.54, 1.807) is 6.07 Å². The molecule has 0 atom stereocenters. The lowest BCUT2D eigenvalue weighted by Gasteiger charge is -2.11. The summed E-state index contributed by atoms with van der Waals surface area (Å²) in [7, 11) is 1.36. The molecule has 0 fully saturated rings. The topological polar surface area (TPSA) is 44.2 Å². The fraction of sp³-hybridized carbons (Fsp3) is 0.167. The Kier molecular flexibility index (Phi) is 4.11. The molecule has 1 aromatic heterocycles. The first-order valence-electron chi connectivity index (χ1n) is 5.21. The molecule has 0 spiro atoms. The first kappa shape index (κ1) is 13.5. The van der Waals surface area contributed by atoms with Gasteiger partial charge < -0.3 is 9.47 Å². The van der Waals surface area contributed by atoms with Gasteiger partial charge in [-0.3, -0.25) is 4.98 Å². The van der Waals surface area contributed by atoms with Crippen molar-refractivity contribution in [3.05, 3.63) is 35.7 Å². The predicted octanol–water partition coefficient (Wildman–Crippen LogP) is 3.41. The molecule has 100 valence electrons. The van der Waals surface area contributed by atoms with Crippen molar-refractivity contribution in [1.29, 1.82) is 0 Å². The predicted molar refractivity (Wildman–Crippen MR) is 65.7 cm³/mol. The van der Waals surface area contributed by atoms with E-state index in [-0.39, 0.29) is 16.7 Å². The van der Waals surface area contributed by atoms with E-state index in [1.165, 1.54) is 31.6 Å². The maximum Gasteiger partial charge on any atom is 0.387 e. The molecule has 0 aliphatic rings. The van der Waals surface area contributed by atoms with E-state index in [9.17, 15) is 8.78 Å². The maximum atomic E-state index is 12.3. The van der Waals surface area contributed by atoms with Crippen LogP contribution in [-0.2, 0) is 0 Å². The molecule has 0 saturated carbocycles. The van der Waals surface area contributed by atoms with E-state index in [0.29, 0.717) is 11.3 Å². The second-order valence-corrected chi connectivity index (χ2v) is 3.80. The third-order valence-electron chi connectivity index (χ3n) is 2.31. The molecule has 2 rings (SSSR count). The number of hydrogen-bond acceptors (Lipinski definition) is 4. The van der Waals surface area contributed by atoms with Crippen LogP contribution in [0.3, 0.4) is 0 Å². The zero-order chi connectivity index (χ0) is 13.8. The zero-order valence-electron chi connectivity index (χ0n) is 9.81. The molecular weight excluding hydrogens is 278 g/mol. The molecular formula is C12H9ClF2N2O2. The van der Waals surface area contributed by atoms with Gasteiger partial charge in [0.2, 0.25) is 0 Å². The van der Waals surface area contributed by atoms with Gasteiger partial charge in [0.25, 0.3) is 0 Å². The van der Waals surface area contributed by atoms with Gasteiger partial charge in [-0.15, -0.1) is 0 Å². The molecule has 0 unspecified atom stereocenters. The fourth-order valence-electron chi connectivity index (χ4n) is 1.53. The highest BCUT2D eigenvalue weighted by molar-refractivity contribution is 6.31. The largest absolute Gasteiger partial charge is 0.493 e. The van der Waals surface area contributed by atoms with Gasteiger partial charge in [-0.2, -0.15) is 8.78 Å². The number of methoxy groups -OCH3 is 1. The molecule has 4 nitrogen and oxygen atoms in total. The quantitative estimate of drug-likeness (QED) is 0.864. The van der Waals surface area contributed by atoms with Crippen LogP contribution >= 0.6 is 11.6 Å². The normalized spacial score (nSPS) is 10.6. The lowest BCUT2D eigenvalue weighted by atomic mass is 10.1. The maximum absolute atomic E-state index is 12.3. The number of benzene rings is 1. The summed E-state index contributed by atoms with van der Waals surface area (Å²) in [5, 5.41) is 0.177. The standard InChI is InChI=1S/C12H9ClF2N2O2/c1-18-8-3-2-7(6-9(8)19-12(14)15)10-11(13)17-5-4-16-10/h2-6,12H,1H3. The molecule has 0 bridgehead atoms. The van der Waals surface area contributed by atoms with Gasteiger partial charge in [0.05, 0.1) is 7.11 Å². The molecule has 1 heterocycles. The Morgan fingerprint density at radius 1 is 1.16 bits per heavy atom. The van der Waals surface area contributed by atoms with Crippen LogP contribution in [-0.4, -0.2) is 23.7 Å². The Labute approximate surface area is 113 Å². The molecule has 0 N–H and O–H groups in total. The van der Waals surface area contributed by atoms with Gasteiger partial charge in [0.1, 0.15) is 5.69 Å². The molecule has 7 heteroatoms. The number of nitrogens with zero attached hydrogens (tertiary/aromatic N) is 2. The summed E-state index contributed by atoms with van der Waals surface area (Å²) < 4.78 is 34.0. The van der Waals surface area contributed by atoms with E-state index < -0.39 is 6.61 Å². The Bertz CT molecular complexity index is 581. The molecule has 0 aliphatic heterocycles. The number of ether oxygens (including phenoxy) is 2. The molecule has 19 heavy (non-hydrogen) atoms. The lowest BCUT2D eigenvalue weighted by molar-refractivity contribution is -0.0511. The molecule has 0 aliphatic carbocycles. The molecule has 0 amide bonds. The Balaban J connectivity index is 2.46. The monoisotopic (exact) mass is 286 g/mol. The highest BCUT2D eigenvalue weighted by Gasteiger charge is 2.14. The van der Waals surface area contributed by atoms with Crippen molar-refractivity contribution >= 4 is 11.6 Å². The summed E-state index contributed by atoms with van der Waals surface area (Å²) in [4.78, 5) is 7.92. The summed E-state index contributed by atoms with van der Waals surface area (Å²) in [6, 6.07) is 4.51. The molecule has 0 radical (unpaired) electrons. The summed E-state index contributed by atoms with van der Waals surface area (Å²) in [6.45, 7) is -2.94. The van der Waals surface area contributed by atoms with E-state index >= 15 is 0 Å². The van der Waals surface area contributed by atoms with Crippen LogP contribution in [0.25, 0.3) is 11.3 Å². The second kappa shape index (κ2) is 5.79. The van der Waals surface area contributed by atoms with Crippen molar-refractivity contribution < 1.29 is 18.3 Å². The number of alkyl halides is 2. The van der Waals surface area contributed by atoms with Crippen molar-refractivity contribution in [3.63, 3.8) is 0 Å². The van der Waals surface area contributed by atoms with Crippen LogP contribution in [0.2, 0.25) is 5.15 Å². The number of aromatic nitrogens is 2. The van der Waals surface area contributed by atoms with Gasteiger partial charge in [0.15, 0.2) is 16.7 Å².